The molecule has 0 fully saturated rings. The van der Waals surface area contributed by atoms with Gasteiger partial charge in [0.1, 0.15) is 11.8 Å². The van der Waals surface area contributed by atoms with Crippen molar-refractivity contribution < 1.29 is 0 Å². The molecule has 4 aromatic rings. The summed E-state index contributed by atoms with van der Waals surface area (Å²) in [6.07, 6.45) is 3.32. The zero-order valence-electron chi connectivity index (χ0n) is 11.9. The van der Waals surface area contributed by atoms with Crippen molar-refractivity contribution in [3.05, 3.63) is 45.8 Å². The summed E-state index contributed by atoms with van der Waals surface area (Å²) in [5.41, 5.74) is 4.19. The Labute approximate surface area is 135 Å². The summed E-state index contributed by atoms with van der Waals surface area (Å²) < 4.78 is 1.89. The van der Waals surface area contributed by atoms with Gasteiger partial charge in [-0.05, 0) is 39.4 Å². The Balaban J connectivity index is 1.55. The van der Waals surface area contributed by atoms with Crippen LogP contribution in [0.5, 0.6) is 0 Å². The Morgan fingerprint density at radius 1 is 1.18 bits per heavy atom. The van der Waals surface area contributed by atoms with Gasteiger partial charge in [-0.25, -0.2) is 15.0 Å². The smallest absolute Gasteiger partial charge is 0.165 e. The van der Waals surface area contributed by atoms with Gasteiger partial charge in [0.2, 0.25) is 0 Å². The minimum Gasteiger partial charge on any atom is -0.363 e. The third-order valence-corrected chi connectivity index (χ3v) is 5.06. The normalized spacial score (nSPS) is 11.1. The maximum atomic E-state index is 4.36. The number of hydrogen-bond donors (Lipinski definition) is 1. The van der Waals surface area contributed by atoms with Crippen molar-refractivity contribution in [3.8, 4) is 11.1 Å². The molecule has 7 heteroatoms. The number of anilines is 1. The van der Waals surface area contributed by atoms with Crippen molar-refractivity contribution in [2.75, 3.05) is 5.32 Å². The van der Waals surface area contributed by atoms with E-state index in [1.54, 1.807) is 35.3 Å². The fourth-order valence-electron chi connectivity index (χ4n) is 2.30. The van der Waals surface area contributed by atoms with E-state index in [1.807, 2.05) is 11.6 Å². The van der Waals surface area contributed by atoms with Crippen molar-refractivity contribution >= 4 is 39.7 Å². The molecule has 110 valence electrons. The highest BCUT2D eigenvalue weighted by Crippen LogP contribution is 2.28. The Morgan fingerprint density at radius 2 is 2.14 bits per heavy atom. The van der Waals surface area contributed by atoms with Gasteiger partial charge >= 0.3 is 0 Å². The van der Waals surface area contributed by atoms with E-state index in [0.29, 0.717) is 0 Å². The average Bonchev–Trinajstić information content (AvgIpc) is 3.26. The molecule has 4 rings (SSSR count). The molecule has 0 aliphatic rings. The van der Waals surface area contributed by atoms with Crippen molar-refractivity contribution in [2.45, 2.75) is 6.54 Å². The number of aromatic nitrogens is 4. The van der Waals surface area contributed by atoms with Gasteiger partial charge in [-0.3, -0.25) is 0 Å². The Hall–Kier alpha value is -2.25. The van der Waals surface area contributed by atoms with E-state index in [1.165, 1.54) is 16.0 Å². The van der Waals surface area contributed by atoms with Gasteiger partial charge in [-0.1, -0.05) is 0 Å². The first kappa shape index (κ1) is 13.4. The largest absolute Gasteiger partial charge is 0.363 e. The summed E-state index contributed by atoms with van der Waals surface area (Å²) in [6, 6.07) is 4.36. The lowest BCUT2D eigenvalue weighted by Crippen LogP contribution is -2.01. The van der Waals surface area contributed by atoms with E-state index >= 15 is 0 Å². The Bertz CT molecular complexity index is 907. The topological polar surface area (TPSA) is 55.6 Å². The number of imidazole rings is 1. The third kappa shape index (κ3) is 2.38. The molecule has 1 N–H and O–H groups in total. The maximum Gasteiger partial charge on any atom is 0.165 e. The van der Waals surface area contributed by atoms with Crippen molar-refractivity contribution in [1.82, 2.24) is 19.5 Å². The zero-order chi connectivity index (χ0) is 14.9. The second-order valence-corrected chi connectivity index (χ2v) is 6.69. The fourth-order valence-corrected chi connectivity index (χ4v) is 3.80. The molecule has 0 aromatic carbocycles. The highest BCUT2D eigenvalue weighted by atomic mass is 32.1. The van der Waals surface area contributed by atoms with Crippen LogP contribution < -0.4 is 5.32 Å². The summed E-state index contributed by atoms with van der Waals surface area (Å²) in [5, 5.41) is 9.82. The molecule has 5 nitrogen and oxygen atoms in total. The first-order chi connectivity index (χ1) is 10.8. The molecule has 0 bridgehead atoms. The molecule has 0 unspecified atom stereocenters. The van der Waals surface area contributed by atoms with Gasteiger partial charge in [-0.2, -0.15) is 11.3 Å². The van der Waals surface area contributed by atoms with E-state index in [0.717, 1.165) is 23.5 Å². The maximum absolute atomic E-state index is 4.36. The Kier molecular flexibility index (Phi) is 3.36. The quantitative estimate of drug-likeness (QED) is 0.620. The van der Waals surface area contributed by atoms with E-state index in [-0.39, 0.29) is 0 Å². The number of hydrogen-bond acceptors (Lipinski definition) is 6. The van der Waals surface area contributed by atoms with Crippen molar-refractivity contribution in [2.24, 2.45) is 7.05 Å². The monoisotopic (exact) mass is 327 g/mol. The molecule has 4 heterocycles. The fraction of sp³-hybridized carbons (Fsp3) is 0.133. The molecule has 0 aliphatic heterocycles. The zero-order valence-corrected chi connectivity index (χ0v) is 13.5. The summed E-state index contributed by atoms with van der Waals surface area (Å²) >= 11 is 3.47. The van der Waals surface area contributed by atoms with Crippen LogP contribution in [0.1, 0.15) is 4.88 Å². The molecule has 0 saturated heterocycles. The third-order valence-electron chi connectivity index (χ3n) is 3.44. The molecule has 0 aliphatic carbocycles. The molecule has 0 atom stereocenters. The minimum atomic E-state index is 0.734. The number of nitrogens with one attached hydrogen (secondary N) is 1. The number of thiophene rings is 2. The summed E-state index contributed by atoms with van der Waals surface area (Å²) in [4.78, 5) is 14.2. The number of nitrogens with zero attached hydrogens (tertiary/aromatic N) is 4. The lowest BCUT2D eigenvalue weighted by atomic mass is 10.2. The van der Waals surface area contributed by atoms with Crippen LogP contribution in [0.3, 0.4) is 0 Å². The molecule has 0 amide bonds. The number of rotatable bonds is 4. The molecular formula is C15H13N5S2. The van der Waals surface area contributed by atoms with Gasteiger partial charge in [0.05, 0.1) is 12.9 Å². The van der Waals surface area contributed by atoms with Gasteiger partial charge in [0.25, 0.3) is 0 Å². The van der Waals surface area contributed by atoms with Gasteiger partial charge in [0.15, 0.2) is 11.5 Å². The summed E-state index contributed by atoms with van der Waals surface area (Å²) in [7, 11) is 1.93. The van der Waals surface area contributed by atoms with E-state index in [2.05, 4.69) is 48.5 Å². The predicted octanol–water partition coefficient (Wildman–Crippen LogP) is 3.77. The highest BCUT2D eigenvalue weighted by molar-refractivity contribution is 7.10. The van der Waals surface area contributed by atoms with Gasteiger partial charge in [0, 0.05) is 11.9 Å². The number of fused-ring (bicyclic) bond motifs is 1. The standard InChI is InChI=1S/C15H13N5S2/c1-20-9-19-13-14(17-8-18-15(13)20)16-5-12-4-11(7-22-12)10-2-3-21-6-10/h2-4,6-9H,5H2,1H3,(H,16,17,18). The van der Waals surface area contributed by atoms with Crippen LogP contribution in [0, 0.1) is 0 Å². The number of aryl methyl sites for hydroxylation is 1. The van der Waals surface area contributed by atoms with E-state index < -0.39 is 0 Å². The second kappa shape index (κ2) is 5.51. The Morgan fingerprint density at radius 3 is 3.00 bits per heavy atom. The van der Waals surface area contributed by atoms with Crippen LogP contribution in [0.25, 0.3) is 22.3 Å². The van der Waals surface area contributed by atoms with Crippen molar-refractivity contribution in [3.63, 3.8) is 0 Å². The van der Waals surface area contributed by atoms with Crippen LogP contribution in [-0.2, 0) is 13.6 Å². The minimum absolute atomic E-state index is 0.734. The molecule has 0 saturated carbocycles. The van der Waals surface area contributed by atoms with Crippen LogP contribution in [0.4, 0.5) is 5.82 Å². The van der Waals surface area contributed by atoms with Gasteiger partial charge < -0.3 is 9.88 Å². The van der Waals surface area contributed by atoms with Crippen LogP contribution >= 0.6 is 22.7 Å². The molecule has 0 radical (unpaired) electrons. The second-order valence-electron chi connectivity index (χ2n) is 4.92. The van der Waals surface area contributed by atoms with Crippen molar-refractivity contribution in [1.29, 1.82) is 0 Å². The SMILES string of the molecule is Cn1cnc2c(NCc3cc(-c4ccsc4)cs3)ncnc21. The predicted molar refractivity (Wildman–Crippen MR) is 91.3 cm³/mol. The van der Waals surface area contributed by atoms with Crippen LogP contribution in [0.15, 0.2) is 40.9 Å². The molecule has 22 heavy (non-hydrogen) atoms. The van der Waals surface area contributed by atoms with Gasteiger partial charge in [-0.15, -0.1) is 11.3 Å². The molecular weight excluding hydrogens is 314 g/mol. The molecule has 0 spiro atoms. The lowest BCUT2D eigenvalue weighted by molar-refractivity contribution is 0.928. The average molecular weight is 327 g/mol. The first-order valence-corrected chi connectivity index (χ1v) is 8.59. The highest BCUT2D eigenvalue weighted by Gasteiger charge is 2.09. The molecule has 4 aromatic heterocycles. The van der Waals surface area contributed by atoms with Crippen LogP contribution in [0.2, 0.25) is 0 Å². The van der Waals surface area contributed by atoms with Crippen LogP contribution in [-0.4, -0.2) is 19.5 Å². The summed E-state index contributed by atoms with van der Waals surface area (Å²) in [5.74, 6) is 0.774. The summed E-state index contributed by atoms with van der Waals surface area (Å²) in [6.45, 7) is 0.734. The van der Waals surface area contributed by atoms with E-state index in [4.69, 9.17) is 0 Å². The first-order valence-electron chi connectivity index (χ1n) is 6.77. The lowest BCUT2D eigenvalue weighted by Gasteiger charge is -2.04. The van der Waals surface area contributed by atoms with E-state index in [9.17, 15) is 0 Å².